The van der Waals surface area contributed by atoms with E-state index < -0.39 is 5.97 Å². The molecule has 0 amide bonds. The molecular formula is C21H26N6O3. The molecule has 3 rings (SSSR count). The molecule has 1 aliphatic heterocycles. The predicted octanol–water partition coefficient (Wildman–Crippen LogP) is 1.34. The van der Waals surface area contributed by atoms with E-state index in [0.29, 0.717) is 19.4 Å². The third-order valence-corrected chi connectivity index (χ3v) is 4.73. The smallest absolute Gasteiger partial charge is 0.377 e. The number of hydrogen-bond donors (Lipinski definition) is 3. The summed E-state index contributed by atoms with van der Waals surface area (Å²) in [7, 11) is 5.32. The van der Waals surface area contributed by atoms with E-state index in [4.69, 9.17) is 0 Å². The van der Waals surface area contributed by atoms with Crippen molar-refractivity contribution in [1.29, 1.82) is 0 Å². The summed E-state index contributed by atoms with van der Waals surface area (Å²) in [5, 5.41) is 13.4. The number of anilines is 1. The monoisotopic (exact) mass is 410 g/mol. The number of methoxy groups -OCH3 is 1. The number of amidine groups is 2. The molecule has 0 radical (unpaired) electrons. The minimum absolute atomic E-state index is 0.0768. The molecule has 0 saturated heterocycles. The molecule has 0 atom stereocenters. The number of fused-ring (bicyclic) bond motifs is 1. The second kappa shape index (κ2) is 9.84. The minimum atomic E-state index is -0.659. The Morgan fingerprint density at radius 2 is 1.73 bits per heavy atom. The fourth-order valence-corrected chi connectivity index (χ4v) is 3.20. The minimum Gasteiger partial charge on any atom is -0.463 e. The Hall–Kier alpha value is -3.46. The Morgan fingerprint density at radius 3 is 2.43 bits per heavy atom. The number of carbonyl (C=O) groups is 2. The fourth-order valence-electron chi connectivity index (χ4n) is 3.20. The molecule has 2 aromatic carbocycles. The van der Waals surface area contributed by atoms with Gasteiger partial charge in [-0.1, -0.05) is 30.3 Å². The van der Waals surface area contributed by atoms with Gasteiger partial charge in [0.05, 0.1) is 7.11 Å². The molecule has 158 valence electrons. The molecule has 3 N–H and O–H groups in total. The number of ether oxygens (including phenoxy) is 1. The maximum atomic E-state index is 12.2. The van der Waals surface area contributed by atoms with Crippen molar-refractivity contribution in [2.24, 2.45) is 10.2 Å². The largest absolute Gasteiger partial charge is 0.463 e. The van der Waals surface area contributed by atoms with Crippen LogP contribution in [-0.4, -0.2) is 51.2 Å². The van der Waals surface area contributed by atoms with E-state index in [1.165, 1.54) is 29.1 Å². The Balaban J connectivity index is 1.47. The van der Waals surface area contributed by atoms with Gasteiger partial charge in [0.1, 0.15) is 0 Å². The quantitative estimate of drug-likeness (QED) is 0.423. The summed E-state index contributed by atoms with van der Waals surface area (Å²) >= 11 is 0. The highest BCUT2D eigenvalue weighted by molar-refractivity contribution is 6.41. The summed E-state index contributed by atoms with van der Waals surface area (Å²) in [4.78, 5) is 25.6. The second-order valence-electron chi connectivity index (χ2n) is 7.02. The first-order valence-corrected chi connectivity index (χ1v) is 9.69. The van der Waals surface area contributed by atoms with Crippen LogP contribution < -0.4 is 21.1 Å². The van der Waals surface area contributed by atoms with Crippen LogP contribution in [0.15, 0.2) is 46.6 Å². The molecule has 1 heterocycles. The molecule has 30 heavy (non-hydrogen) atoms. The van der Waals surface area contributed by atoms with Crippen LogP contribution in [0.5, 0.6) is 0 Å². The van der Waals surface area contributed by atoms with Gasteiger partial charge in [-0.3, -0.25) is 15.6 Å². The van der Waals surface area contributed by atoms with Gasteiger partial charge in [0, 0.05) is 38.1 Å². The number of hydrazone groups is 2. The number of esters is 1. The lowest BCUT2D eigenvalue weighted by atomic mass is 10.0. The zero-order valence-electron chi connectivity index (χ0n) is 17.4. The first kappa shape index (κ1) is 21.3. The maximum absolute atomic E-state index is 12.2. The molecule has 2 aromatic rings. The third-order valence-electron chi connectivity index (χ3n) is 4.73. The molecule has 1 aliphatic rings. The molecule has 0 fully saturated rings. The van der Waals surface area contributed by atoms with Gasteiger partial charge in [-0.15, -0.1) is 5.10 Å². The molecule has 0 spiro atoms. The highest BCUT2D eigenvalue weighted by Crippen LogP contribution is 2.27. The van der Waals surface area contributed by atoms with Crippen LogP contribution >= 0.6 is 0 Å². The van der Waals surface area contributed by atoms with Crippen LogP contribution in [0, 0.1) is 0 Å². The van der Waals surface area contributed by atoms with Gasteiger partial charge in [0.25, 0.3) is 5.84 Å². The number of hydrogen-bond acceptors (Lipinski definition) is 9. The van der Waals surface area contributed by atoms with Crippen LogP contribution in [0.2, 0.25) is 0 Å². The fraction of sp³-hybridized carbons (Fsp3) is 0.333. The lowest BCUT2D eigenvalue weighted by molar-refractivity contribution is -0.133. The second-order valence-corrected chi connectivity index (χ2v) is 7.02. The van der Waals surface area contributed by atoms with E-state index in [-0.39, 0.29) is 17.5 Å². The molecule has 9 nitrogen and oxygen atoms in total. The average molecular weight is 410 g/mol. The summed E-state index contributed by atoms with van der Waals surface area (Å²) in [6.07, 6.45) is 0.963. The number of ketones is 1. The molecular weight excluding hydrogens is 384 g/mol. The van der Waals surface area contributed by atoms with Crippen molar-refractivity contribution >= 4 is 39.9 Å². The van der Waals surface area contributed by atoms with E-state index in [1.807, 2.05) is 14.1 Å². The molecule has 9 heteroatoms. The number of benzene rings is 2. The molecule has 0 unspecified atom stereocenters. The first-order chi connectivity index (χ1) is 14.5. The molecule has 0 saturated carbocycles. The highest BCUT2D eigenvalue weighted by atomic mass is 16.5. The van der Waals surface area contributed by atoms with Crippen molar-refractivity contribution in [2.75, 3.05) is 32.6 Å². The molecule has 0 aliphatic carbocycles. The van der Waals surface area contributed by atoms with Gasteiger partial charge in [0.2, 0.25) is 11.6 Å². The molecule has 0 aromatic heterocycles. The summed E-state index contributed by atoms with van der Waals surface area (Å²) in [6.45, 7) is 1.41. The van der Waals surface area contributed by atoms with E-state index in [2.05, 4.69) is 72.4 Å². The standard InChI is InChI=1S/C21H26N6O3/c1-27(2)17-10-5-8-15-14(7-4-9-16(15)17)13-22-12-6-11-18(28)19-23-25-20(26-24-19)21(29)30-3/h4-5,7-10,22H,6,11-13H2,1-3H3,(H,23,24)(H,25,26). The van der Waals surface area contributed by atoms with Gasteiger partial charge in [-0.25, -0.2) is 4.79 Å². The van der Waals surface area contributed by atoms with Crippen LogP contribution in [0.1, 0.15) is 18.4 Å². The van der Waals surface area contributed by atoms with Gasteiger partial charge < -0.3 is 15.0 Å². The SMILES string of the molecule is COC(=O)C1=NNC(C(=O)CCCNCc2cccc3c(N(C)C)cccc23)=NN1. The first-order valence-electron chi connectivity index (χ1n) is 9.69. The molecule has 0 bridgehead atoms. The van der Waals surface area contributed by atoms with Crippen molar-refractivity contribution in [3.8, 4) is 0 Å². The van der Waals surface area contributed by atoms with Crippen LogP contribution in [0.25, 0.3) is 10.8 Å². The normalized spacial score (nSPS) is 13.0. The third kappa shape index (κ3) is 4.93. The highest BCUT2D eigenvalue weighted by Gasteiger charge is 2.19. The van der Waals surface area contributed by atoms with Crippen molar-refractivity contribution < 1.29 is 14.3 Å². The Bertz CT molecular complexity index is 999. The number of Topliss-reactive ketones (excluding diaryl/α,β-unsaturated/α-hetero) is 1. The lowest BCUT2D eigenvalue weighted by Gasteiger charge is -2.17. The van der Waals surface area contributed by atoms with Crippen LogP contribution in [0.4, 0.5) is 5.69 Å². The van der Waals surface area contributed by atoms with Crippen LogP contribution in [0.3, 0.4) is 0 Å². The average Bonchev–Trinajstić information content (AvgIpc) is 2.77. The summed E-state index contributed by atoms with van der Waals surface area (Å²) in [5.41, 5.74) is 7.31. The van der Waals surface area contributed by atoms with E-state index in [1.54, 1.807) is 0 Å². The topological polar surface area (TPSA) is 107 Å². The maximum Gasteiger partial charge on any atom is 0.377 e. The Morgan fingerprint density at radius 1 is 1.03 bits per heavy atom. The van der Waals surface area contributed by atoms with Gasteiger partial charge in [-0.2, -0.15) is 5.10 Å². The zero-order valence-corrected chi connectivity index (χ0v) is 17.4. The van der Waals surface area contributed by atoms with Gasteiger partial charge in [-0.05, 0) is 30.0 Å². The van der Waals surface area contributed by atoms with E-state index >= 15 is 0 Å². The van der Waals surface area contributed by atoms with Gasteiger partial charge >= 0.3 is 5.97 Å². The predicted molar refractivity (Wildman–Crippen MR) is 117 cm³/mol. The van der Waals surface area contributed by atoms with Crippen molar-refractivity contribution in [3.63, 3.8) is 0 Å². The van der Waals surface area contributed by atoms with Crippen molar-refractivity contribution in [2.45, 2.75) is 19.4 Å². The summed E-state index contributed by atoms with van der Waals surface area (Å²) in [5.74, 6) is -0.859. The number of carbonyl (C=O) groups excluding carboxylic acids is 2. The van der Waals surface area contributed by atoms with Crippen molar-refractivity contribution in [1.82, 2.24) is 16.2 Å². The Kier molecular flexibility index (Phi) is 6.97. The van der Waals surface area contributed by atoms with Crippen LogP contribution in [-0.2, 0) is 20.9 Å². The zero-order chi connectivity index (χ0) is 21.5. The number of rotatable bonds is 9. The summed E-state index contributed by atoms with van der Waals surface area (Å²) < 4.78 is 4.52. The Labute approximate surface area is 175 Å². The van der Waals surface area contributed by atoms with E-state index in [0.717, 1.165) is 6.54 Å². The number of nitrogens with zero attached hydrogens (tertiary/aromatic N) is 3. The summed E-state index contributed by atoms with van der Waals surface area (Å²) in [6, 6.07) is 12.6. The number of nitrogens with one attached hydrogen (secondary N) is 3. The van der Waals surface area contributed by atoms with E-state index in [9.17, 15) is 9.59 Å². The lowest BCUT2D eigenvalue weighted by Crippen LogP contribution is -2.41. The van der Waals surface area contributed by atoms with Crippen molar-refractivity contribution in [3.05, 3.63) is 42.0 Å². The van der Waals surface area contributed by atoms with Gasteiger partial charge in [0.15, 0.2) is 0 Å².